The van der Waals surface area contributed by atoms with E-state index in [1.807, 2.05) is 13.8 Å². The molecule has 1 aromatic carbocycles. The van der Waals surface area contributed by atoms with E-state index in [2.05, 4.69) is 10.3 Å². The number of aryl methyl sites for hydroxylation is 2. The second-order valence-corrected chi connectivity index (χ2v) is 8.81. The van der Waals surface area contributed by atoms with Crippen molar-refractivity contribution in [3.8, 4) is 0 Å². The summed E-state index contributed by atoms with van der Waals surface area (Å²) in [6.45, 7) is 2.48. The van der Waals surface area contributed by atoms with Crippen molar-refractivity contribution in [1.29, 1.82) is 0 Å². The first kappa shape index (κ1) is 25.8. The maximum atomic E-state index is 13.3. The molecule has 0 spiro atoms. The summed E-state index contributed by atoms with van der Waals surface area (Å²) in [6.07, 6.45) is -3.41. The standard InChI is InChI=1S/C23H31N3O8/c1-11-6-15-16(7-12(11)2)26(9-17(28)20(30)18(29)10-27)22(32)19(25-15)21(31)24-14-5-4-13(8-14)23(33)34-3/h6-7,13-14,17-18,20,27-30H,4-5,8-10H2,1-3H3,(H,24,31)/t13?,14?,17-,18+,20-/m0/s1. The number of aromatic nitrogens is 2. The minimum absolute atomic E-state index is 0.322. The fourth-order valence-electron chi connectivity index (χ4n) is 4.23. The van der Waals surface area contributed by atoms with E-state index >= 15 is 0 Å². The van der Waals surface area contributed by atoms with E-state index < -0.39 is 42.9 Å². The number of nitrogens with zero attached hydrogens (tertiary/aromatic N) is 2. The highest BCUT2D eigenvalue weighted by molar-refractivity contribution is 5.94. The van der Waals surface area contributed by atoms with Crippen LogP contribution in [0.1, 0.15) is 40.9 Å². The zero-order valence-corrected chi connectivity index (χ0v) is 19.4. The number of methoxy groups -OCH3 is 1. The molecule has 1 aliphatic carbocycles. The first-order chi connectivity index (χ1) is 16.1. The van der Waals surface area contributed by atoms with Crippen LogP contribution in [-0.4, -0.2) is 79.9 Å². The summed E-state index contributed by atoms with van der Waals surface area (Å²) < 4.78 is 5.89. The summed E-state index contributed by atoms with van der Waals surface area (Å²) in [7, 11) is 1.31. The first-order valence-corrected chi connectivity index (χ1v) is 11.1. The molecule has 186 valence electrons. The molecule has 1 saturated carbocycles. The van der Waals surface area contributed by atoms with Crippen LogP contribution in [0.4, 0.5) is 0 Å². The number of aliphatic hydroxyl groups excluding tert-OH is 4. The molecule has 5 atom stereocenters. The van der Waals surface area contributed by atoms with Gasteiger partial charge in [0, 0.05) is 6.04 Å². The van der Waals surface area contributed by atoms with Crippen LogP contribution in [0.5, 0.6) is 0 Å². The topological polar surface area (TPSA) is 171 Å². The second-order valence-electron chi connectivity index (χ2n) is 8.81. The van der Waals surface area contributed by atoms with E-state index in [4.69, 9.17) is 9.84 Å². The minimum atomic E-state index is -1.71. The number of benzene rings is 1. The first-order valence-electron chi connectivity index (χ1n) is 11.1. The molecule has 0 aliphatic heterocycles. The molecular formula is C23H31N3O8. The van der Waals surface area contributed by atoms with Gasteiger partial charge in [-0.25, -0.2) is 4.98 Å². The number of amides is 1. The van der Waals surface area contributed by atoms with Gasteiger partial charge in [-0.1, -0.05) is 0 Å². The SMILES string of the molecule is COC(=O)C1CCC(NC(=O)c2nc3cc(C)c(C)cc3n(C[C@H](O)[C@H](O)[C@H](O)CO)c2=O)C1. The molecule has 11 heteroatoms. The van der Waals surface area contributed by atoms with Crippen LogP contribution < -0.4 is 10.9 Å². The number of hydrogen-bond donors (Lipinski definition) is 5. The van der Waals surface area contributed by atoms with Crippen molar-refractivity contribution < 1.29 is 34.8 Å². The fourth-order valence-corrected chi connectivity index (χ4v) is 4.23. The summed E-state index contributed by atoms with van der Waals surface area (Å²) in [6, 6.07) is 3.08. The van der Waals surface area contributed by atoms with E-state index in [9.17, 15) is 29.7 Å². The van der Waals surface area contributed by atoms with Crippen LogP contribution in [0.15, 0.2) is 16.9 Å². The van der Waals surface area contributed by atoms with Crippen LogP contribution >= 0.6 is 0 Å². The predicted octanol–water partition coefficient (Wildman–Crippen LogP) is -0.840. The van der Waals surface area contributed by atoms with Gasteiger partial charge in [0.05, 0.1) is 37.2 Å². The van der Waals surface area contributed by atoms with Crippen LogP contribution in [0.25, 0.3) is 11.0 Å². The number of hydrogen-bond acceptors (Lipinski definition) is 9. The lowest BCUT2D eigenvalue weighted by molar-refractivity contribution is -0.145. The van der Waals surface area contributed by atoms with Crippen molar-refractivity contribution in [2.75, 3.05) is 13.7 Å². The van der Waals surface area contributed by atoms with Gasteiger partial charge in [0.2, 0.25) is 0 Å². The van der Waals surface area contributed by atoms with Crippen molar-refractivity contribution >= 4 is 22.9 Å². The average molecular weight is 478 g/mol. The Kier molecular flexibility index (Phi) is 8.03. The van der Waals surface area contributed by atoms with Gasteiger partial charge in [-0.3, -0.25) is 14.4 Å². The third-order valence-electron chi connectivity index (χ3n) is 6.42. The molecule has 1 aromatic heterocycles. The third-order valence-corrected chi connectivity index (χ3v) is 6.42. The van der Waals surface area contributed by atoms with Crippen molar-refractivity contribution in [2.45, 2.75) is 64.0 Å². The Morgan fingerprint density at radius 2 is 1.85 bits per heavy atom. The number of carbonyl (C=O) groups excluding carboxylic acids is 2. The largest absolute Gasteiger partial charge is 0.469 e. The molecule has 1 fully saturated rings. The van der Waals surface area contributed by atoms with E-state index in [1.54, 1.807) is 12.1 Å². The minimum Gasteiger partial charge on any atom is -0.469 e. The van der Waals surface area contributed by atoms with E-state index in [0.717, 1.165) is 15.7 Å². The highest BCUT2D eigenvalue weighted by Gasteiger charge is 2.33. The molecule has 1 aliphatic rings. The van der Waals surface area contributed by atoms with Gasteiger partial charge >= 0.3 is 5.97 Å². The van der Waals surface area contributed by atoms with E-state index in [-0.39, 0.29) is 23.6 Å². The van der Waals surface area contributed by atoms with Crippen LogP contribution in [-0.2, 0) is 16.1 Å². The predicted molar refractivity (Wildman–Crippen MR) is 121 cm³/mol. The molecule has 1 amide bonds. The number of aliphatic hydroxyl groups is 4. The Morgan fingerprint density at radius 3 is 2.50 bits per heavy atom. The molecule has 5 N–H and O–H groups in total. The molecule has 1 heterocycles. The number of esters is 1. The fraction of sp³-hybridized carbons (Fsp3) is 0.565. The summed E-state index contributed by atoms with van der Waals surface area (Å²) in [5.74, 6) is -1.37. The van der Waals surface area contributed by atoms with Gasteiger partial charge in [-0.2, -0.15) is 0 Å². The van der Waals surface area contributed by atoms with Crippen molar-refractivity contribution in [2.24, 2.45) is 5.92 Å². The Morgan fingerprint density at radius 1 is 1.18 bits per heavy atom. The number of carbonyl (C=O) groups is 2. The second kappa shape index (κ2) is 10.6. The Hall–Kier alpha value is -2.86. The summed E-state index contributed by atoms with van der Waals surface area (Å²) in [5.41, 5.74) is 1.26. The Balaban J connectivity index is 1.97. The molecule has 0 radical (unpaired) electrons. The number of nitrogens with one attached hydrogen (secondary N) is 1. The molecule has 2 aromatic rings. The van der Waals surface area contributed by atoms with E-state index in [1.165, 1.54) is 7.11 Å². The van der Waals surface area contributed by atoms with Gasteiger partial charge in [0.15, 0.2) is 5.69 Å². The molecule has 0 bridgehead atoms. The number of ether oxygens (including phenoxy) is 1. The molecule has 11 nitrogen and oxygen atoms in total. The summed E-state index contributed by atoms with van der Waals surface area (Å²) in [5, 5.41) is 41.9. The highest BCUT2D eigenvalue weighted by Crippen LogP contribution is 2.26. The van der Waals surface area contributed by atoms with Gasteiger partial charge in [0.1, 0.15) is 18.3 Å². The molecule has 2 unspecified atom stereocenters. The third kappa shape index (κ3) is 5.27. The quantitative estimate of drug-likeness (QED) is 0.304. The molecular weight excluding hydrogens is 446 g/mol. The monoisotopic (exact) mass is 477 g/mol. The molecule has 3 rings (SSSR count). The number of rotatable bonds is 8. The van der Waals surface area contributed by atoms with Crippen LogP contribution in [0.3, 0.4) is 0 Å². The lowest BCUT2D eigenvalue weighted by atomic mass is 10.1. The van der Waals surface area contributed by atoms with E-state index in [0.29, 0.717) is 30.3 Å². The van der Waals surface area contributed by atoms with Gasteiger partial charge < -0.3 is 35.0 Å². The zero-order valence-electron chi connectivity index (χ0n) is 19.4. The Labute approximate surface area is 196 Å². The maximum absolute atomic E-state index is 13.3. The number of fused-ring (bicyclic) bond motifs is 1. The maximum Gasteiger partial charge on any atom is 0.308 e. The van der Waals surface area contributed by atoms with Gasteiger partial charge in [-0.05, 0) is 56.4 Å². The normalized spacial score (nSPS) is 20.7. The lowest BCUT2D eigenvalue weighted by Gasteiger charge is -2.23. The van der Waals surface area contributed by atoms with Crippen molar-refractivity contribution in [3.05, 3.63) is 39.3 Å². The highest BCUT2D eigenvalue weighted by atomic mass is 16.5. The lowest BCUT2D eigenvalue weighted by Crippen LogP contribution is -2.44. The molecule has 34 heavy (non-hydrogen) atoms. The van der Waals surface area contributed by atoms with Crippen LogP contribution in [0.2, 0.25) is 0 Å². The molecule has 0 saturated heterocycles. The van der Waals surface area contributed by atoms with Crippen molar-refractivity contribution in [1.82, 2.24) is 14.9 Å². The van der Waals surface area contributed by atoms with Gasteiger partial charge in [-0.15, -0.1) is 0 Å². The van der Waals surface area contributed by atoms with Crippen LogP contribution in [0, 0.1) is 19.8 Å². The summed E-state index contributed by atoms with van der Waals surface area (Å²) >= 11 is 0. The Bertz CT molecular complexity index is 1130. The zero-order chi connectivity index (χ0) is 25.2. The van der Waals surface area contributed by atoms with Gasteiger partial charge in [0.25, 0.3) is 11.5 Å². The average Bonchev–Trinajstić information content (AvgIpc) is 3.28. The van der Waals surface area contributed by atoms with Crippen molar-refractivity contribution in [3.63, 3.8) is 0 Å². The summed E-state index contributed by atoms with van der Waals surface area (Å²) in [4.78, 5) is 42.3. The smallest absolute Gasteiger partial charge is 0.308 e.